The third-order valence-corrected chi connectivity index (χ3v) is 0.726. The van der Waals surface area contributed by atoms with E-state index in [-0.39, 0.29) is 54.8 Å². The number of rotatable bonds is 1. The Hall–Kier alpha value is 0.414. The standard InChI is InChI=1S/C4H9.C3H3N2.CN.Cu.2Li/c1-3-4-2;1-2-5-3-4-1;1-2;;;/h1,3-4H2,2H3;1-3H;;;;/q3*-1;3*+1. The van der Waals surface area contributed by atoms with Crippen LogP contribution in [0.4, 0.5) is 0 Å². The number of aromatic nitrogens is 2. The van der Waals surface area contributed by atoms with Crippen molar-refractivity contribution in [1.82, 2.24) is 9.97 Å². The molecule has 1 rings (SSSR count). The van der Waals surface area contributed by atoms with Crippen molar-refractivity contribution >= 4 is 0 Å². The van der Waals surface area contributed by atoms with Crippen LogP contribution in [0.1, 0.15) is 19.8 Å². The molecule has 0 radical (unpaired) electrons. The van der Waals surface area contributed by atoms with Crippen molar-refractivity contribution in [3.63, 3.8) is 0 Å². The molecule has 0 saturated heterocycles. The van der Waals surface area contributed by atoms with Gasteiger partial charge in [0.2, 0.25) is 0 Å². The molecule has 0 aliphatic carbocycles. The first-order valence-corrected chi connectivity index (χ1v) is 3.30. The maximum Gasteiger partial charge on any atom is 1.00 e. The third kappa shape index (κ3) is 39.3. The summed E-state index contributed by atoms with van der Waals surface area (Å²) in [6.45, 7) is 10.5. The van der Waals surface area contributed by atoms with Gasteiger partial charge in [0, 0.05) is 0 Å². The molecule has 1 heterocycles. The van der Waals surface area contributed by atoms with Gasteiger partial charge in [-0.05, 0) is 0 Å². The molecule has 1 aromatic heterocycles. The molecule has 0 spiro atoms. The predicted octanol–water partition coefficient (Wildman–Crippen LogP) is -4.24. The molecular formula is C8H12CuLi2N3. The molecule has 0 aromatic carbocycles. The van der Waals surface area contributed by atoms with Crippen molar-refractivity contribution in [2.45, 2.75) is 19.8 Å². The fourth-order valence-electron chi connectivity index (χ4n) is 0.192. The quantitative estimate of drug-likeness (QED) is 0.361. The minimum absolute atomic E-state index is 0. The summed E-state index contributed by atoms with van der Waals surface area (Å²) < 4.78 is 0. The number of hydrogen-bond acceptors (Lipinski definition) is 2. The van der Waals surface area contributed by atoms with E-state index in [1.165, 1.54) is 12.7 Å². The molecule has 0 fully saturated rings. The zero-order chi connectivity index (χ0) is 8.95. The first-order chi connectivity index (χ1) is 5.41. The Morgan fingerprint density at radius 3 is 1.93 bits per heavy atom. The molecule has 0 N–H and O–H groups in total. The molecule has 3 nitrogen and oxygen atoms in total. The largest absolute Gasteiger partial charge is 1.00 e. The molecule has 14 heavy (non-hydrogen) atoms. The van der Waals surface area contributed by atoms with Gasteiger partial charge in [0.05, 0.1) is 0 Å². The monoisotopic (exact) mass is 227 g/mol. The van der Waals surface area contributed by atoms with Crippen LogP contribution >= 0.6 is 0 Å². The summed E-state index contributed by atoms with van der Waals surface area (Å²) >= 11 is 0. The van der Waals surface area contributed by atoms with Crippen molar-refractivity contribution in [3.05, 3.63) is 32.2 Å². The van der Waals surface area contributed by atoms with Crippen LogP contribution in [-0.4, -0.2) is 4.98 Å². The molecular weight excluding hydrogens is 216 g/mol. The SMILES string of the molecule is [C-]#N.[CH2-]CCC.[Cu+].[Li+].[Li+].c1c[n-]cn1. The average molecular weight is 228 g/mol. The Kier molecular flexibility index (Phi) is 78.6. The van der Waals surface area contributed by atoms with Gasteiger partial charge in [0.25, 0.3) is 0 Å². The minimum atomic E-state index is 0. The molecule has 6 heteroatoms. The normalized spacial score (nSPS) is 5.14. The van der Waals surface area contributed by atoms with Crippen LogP contribution < -0.4 is 42.7 Å². The Morgan fingerprint density at radius 2 is 1.86 bits per heavy atom. The van der Waals surface area contributed by atoms with Crippen LogP contribution in [0, 0.1) is 18.8 Å². The van der Waals surface area contributed by atoms with Gasteiger partial charge in [-0.25, -0.2) is 0 Å². The summed E-state index contributed by atoms with van der Waals surface area (Å²) in [4.78, 5) is 7.22. The maximum absolute atomic E-state index is 6.25. The zero-order valence-corrected chi connectivity index (χ0v) is 9.94. The maximum atomic E-state index is 6.25. The average Bonchev–Trinajstić information content (AvgIpc) is 2.65. The predicted molar refractivity (Wildman–Crippen MR) is 42.8 cm³/mol. The topological polar surface area (TPSA) is 50.8 Å². The van der Waals surface area contributed by atoms with Gasteiger partial charge < -0.3 is 28.7 Å². The van der Waals surface area contributed by atoms with E-state index in [9.17, 15) is 0 Å². The zero-order valence-electron chi connectivity index (χ0n) is 9.00. The summed E-state index contributed by atoms with van der Waals surface area (Å²) in [6.07, 6.45) is 7.06. The van der Waals surface area contributed by atoms with Gasteiger partial charge in [-0.1, -0.05) is 32.1 Å². The molecule has 1 aromatic rings. The van der Waals surface area contributed by atoms with Gasteiger partial charge in [-0.2, -0.15) is 6.42 Å². The smallest absolute Gasteiger partial charge is 0.512 e. The number of imidazole rings is 1. The van der Waals surface area contributed by atoms with E-state index in [1.807, 2.05) is 0 Å². The van der Waals surface area contributed by atoms with Gasteiger partial charge >= 0.3 is 54.8 Å². The third-order valence-electron chi connectivity index (χ3n) is 0.726. The molecule has 0 unspecified atom stereocenters. The van der Waals surface area contributed by atoms with E-state index in [1.54, 1.807) is 12.4 Å². The summed E-state index contributed by atoms with van der Waals surface area (Å²) in [7, 11) is 0. The number of hydrogen-bond donors (Lipinski definition) is 0. The van der Waals surface area contributed by atoms with E-state index >= 15 is 0 Å². The van der Waals surface area contributed by atoms with Crippen molar-refractivity contribution in [2.24, 2.45) is 0 Å². The minimum Gasteiger partial charge on any atom is -0.512 e. The summed E-state index contributed by atoms with van der Waals surface area (Å²) in [5.74, 6) is 0. The summed E-state index contributed by atoms with van der Waals surface area (Å²) in [5, 5.41) is 6.25. The van der Waals surface area contributed by atoms with Crippen molar-refractivity contribution in [1.29, 1.82) is 5.26 Å². The van der Waals surface area contributed by atoms with Crippen molar-refractivity contribution < 1.29 is 54.8 Å². The van der Waals surface area contributed by atoms with Crippen molar-refractivity contribution in [3.8, 4) is 0 Å². The molecule has 0 aliphatic rings. The number of nitrogens with zero attached hydrogens (tertiary/aromatic N) is 3. The van der Waals surface area contributed by atoms with Gasteiger partial charge in [0.1, 0.15) is 0 Å². The van der Waals surface area contributed by atoms with Crippen LogP contribution in [0.15, 0.2) is 18.7 Å². The van der Waals surface area contributed by atoms with E-state index in [4.69, 9.17) is 11.8 Å². The first-order valence-electron chi connectivity index (χ1n) is 3.30. The van der Waals surface area contributed by atoms with Crippen LogP contribution in [0.2, 0.25) is 0 Å². The first kappa shape index (κ1) is 29.3. The second kappa shape index (κ2) is 37.6. The van der Waals surface area contributed by atoms with Crippen LogP contribution in [-0.2, 0) is 17.1 Å². The Morgan fingerprint density at radius 1 is 1.43 bits per heavy atom. The van der Waals surface area contributed by atoms with Crippen LogP contribution in [0.25, 0.3) is 0 Å². The van der Waals surface area contributed by atoms with Gasteiger partial charge in [-0.15, -0.1) is 0 Å². The fraction of sp³-hybridized carbons (Fsp3) is 0.375. The molecule has 0 amide bonds. The van der Waals surface area contributed by atoms with Gasteiger partial charge in [0.15, 0.2) is 0 Å². The molecule has 0 bridgehead atoms. The van der Waals surface area contributed by atoms with Crippen LogP contribution in [0.5, 0.6) is 0 Å². The Balaban J connectivity index is -0.0000000282. The van der Waals surface area contributed by atoms with Crippen molar-refractivity contribution in [2.75, 3.05) is 0 Å². The Bertz CT molecular complexity index is 126. The summed E-state index contributed by atoms with van der Waals surface area (Å²) in [5.41, 5.74) is 0. The molecule has 0 saturated carbocycles. The Labute approximate surface area is 121 Å². The van der Waals surface area contributed by atoms with E-state index in [0.717, 1.165) is 6.42 Å². The van der Waals surface area contributed by atoms with E-state index < -0.39 is 0 Å². The second-order valence-corrected chi connectivity index (χ2v) is 1.57. The molecule has 0 aliphatic heterocycles. The second-order valence-electron chi connectivity index (χ2n) is 1.57. The van der Waals surface area contributed by atoms with Gasteiger partial charge in [-0.3, -0.25) is 0 Å². The van der Waals surface area contributed by atoms with Crippen LogP contribution in [0.3, 0.4) is 0 Å². The molecule has 72 valence electrons. The van der Waals surface area contributed by atoms with E-state index in [0.29, 0.717) is 0 Å². The summed E-state index contributed by atoms with van der Waals surface area (Å²) in [6, 6.07) is 0. The fourth-order valence-corrected chi connectivity index (χ4v) is 0.192. The van der Waals surface area contributed by atoms with E-state index in [2.05, 4.69) is 23.8 Å². The number of unbranched alkanes of at least 4 members (excludes halogenated alkanes) is 1. The molecule has 0 atom stereocenters.